The quantitative estimate of drug-likeness (QED) is 0.309. The zero-order chi connectivity index (χ0) is 18.4. The maximum atomic E-state index is 14.4. The van der Waals surface area contributed by atoms with Crippen molar-refractivity contribution in [1.82, 2.24) is 0 Å². The molecular weight excluding hydrogens is 352 g/mol. The summed E-state index contributed by atoms with van der Waals surface area (Å²) >= 11 is 5.98. The molecular formula is C20H17ClF4. The Morgan fingerprint density at radius 2 is 1.80 bits per heavy atom. The molecule has 0 unspecified atom stereocenters. The molecule has 0 amide bonds. The van der Waals surface area contributed by atoms with Crippen molar-refractivity contribution in [2.24, 2.45) is 0 Å². The normalized spacial score (nSPS) is 11.1. The van der Waals surface area contributed by atoms with E-state index in [0.717, 1.165) is 31.2 Å². The van der Waals surface area contributed by atoms with E-state index >= 15 is 0 Å². The second-order valence-corrected chi connectivity index (χ2v) is 6.12. The Labute approximate surface area is 149 Å². The lowest BCUT2D eigenvalue weighted by Gasteiger charge is -2.08. The number of aryl methyl sites for hydroxylation is 1. The van der Waals surface area contributed by atoms with Gasteiger partial charge in [0, 0.05) is 17.0 Å². The van der Waals surface area contributed by atoms with Gasteiger partial charge in [0.05, 0.1) is 5.02 Å². The van der Waals surface area contributed by atoms with E-state index in [1.165, 1.54) is 30.2 Å². The molecule has 0 bridgehead atoms. The highest BCUT2D eigenvalue weighted by atomic mass is 35.5. The lowest BCUT2D eigenvalue weighted by atomic mass is 9.99. The first kappa shape index (κ1) is 19.3. The van der Waals surface area contributed by atoms with Crippen LogP contribution in [-0.2, 0) is 6.42 Å². The Balaban J connectivity index is 2.24. The summed E-state index contributed by atoms with van der Waals surface area (Å²) in [5.41, 5.74) is 1.84. The van der Waals surface area contributed by atoms with Gasteiger partial charge in [-0.05, 0) is 42.2 Å². The topological polar surface area (TPSA) is 0 Å². The van der Waals surface area contributed by atoms with E-state index in [2.05, 4.69) is 6.92 Å². The first-order valence-electron chi connectivity index (χ1n) is 7.98. The number of unbranched alkanes of at least 4 members (excludes halogenated alkanes) is 2. The third-order valence-corrected chi connectivity index (χ3v) is 4.03. The van der Waals surface area contributed by atoms with Gasteiger partial charge in [0.15, 0.2) is 0 Å². The van der Waals surface area contributed by atoms with Gasteiger partial charge in [-0.2, -0.15) is 13.2 Å². The summed E-state index contributed by atoms with van der Waals surface area (Å²) in [4.78, 5) is 0. The molecule has 0 aliphatic carbocycles. The van der Waals surface area contributed by atoms with Crippen molar-refractivity contribution < 1.29 is 17.6 Å². The molecule has 0 saturated heterocycles. The van der Waals surface area contributed by atoms with Crippen LogP contribution in [0.4, 0.5) is 17.6 Å². The molecule has 0 saturated carbocycles. The van der Waals surface area contributed by atoms with E-state index in [9.17, 15) is 17.6 Å². The standard InChI is InChI=1S/C20H17ClF4/c1-2-3-4-5-14-6-9-17(19(22)12-14)16-8-7-15(18(21)13-16)10-11-20(23,24)25/h6-9,12-13H,2-5H2,1H3. The number of hydrogen-bond acceptors (Lipinski definition) is 0. The minimum Gasteiger partial charge on any atom is -0.206 e. The SMILES string of the molecule is CCCCCc1ccc(-c2ccc(C#CC(F)(F)F)c(Cl)c2)c(F)c1. The lowest BCUT2D eigenvalue weighted by Crippen LogP contribution is -2.01. The highest BCUT2D eigenvalue weighted by molar-refractivity contribution is 6.32. The largest absolute Gasteiger partial charge is 0.458 e. The summed E-state index contributed by atoms with van der Waals surface area (Å²) in [7, 11) is 0. The fraction of sp³-hybridized carbons (Fsp3) is 0.300. The molecule has 2 aromatic carbocycles. The van der Waals surface area contributed by atoms with E-state index in [0.29, 0.717) is 11.1 Å². The molecule has 5 heteroatoms. The van der Waals surface area contributed by atoms with Crippen LogP contribution < -0.4 is 0 Å². The zero-order valence-corrected chi connectivity index (χ0v) is 14.4. The Morgan fingerprint density at radius 1 is 1.04 bits per heavy atom. The van der Waals surface area contributed by atoms with Crippen molar-refractivity contribution in [3.63, 3.8) is 0 Å². The van der Waals surface area contributed by atoms with Crippen LogP contribution in [0.1, 0.15) is 37.3 Å². The molecule has 0 aliphatic heterocycles. The highest BCUT2D eigenvalue weighted by Gasteiger charge is 2.23. The molecule has 132 valence electrons. The maximum absolute atomic E-state index is 14.4. The number of rotatable bonds is 5. The Morgan fingerprint density at radius 3 is 2.40 bits per heavy atom. The average Bonchev–Trinajstić information content (AvgIpc) is 2.53. The van der Waals surface area contributed by atoms with Crippen LogP contribution in [0.3, 0.4) is 0 Å². The van der Waals surface area contributed by atoms with Crippen molar-refractivity contribution in [3.05, 3.63) is 58.4 Å². The Bertz CT molecular complexity index is 798. The van der Waals surface area contributed by atoms with Crippen molar-refractivity contribution in [2.75, 3.05) is 0 Å². The zero-order valence-electron chi connectivity index (χ0n) is 13.7. The molecule has 0 nitrogen and oxygen atoms in total. The smallest absolute Gasteiger partial charge is 0.206 e. The number of hydrogen-bond donors (Lipinski definition) is 0. The van der Waals surface area contributed by atoms with E-state index in [-0.39, 0.29) is 16.4 Å². The molecule has 0 radical (unpaired) electrons. The van der Waals surface area contributed by atoms with Crippen LogP contribution in [0.2, 0.25) is 5.02 Å². The molecule has 0 aromatic heterocycles. The van der Waals surface area contributed by atoms with Crippen molar-refractivity contribution in [1.29, 1.82) is 0 Å². The summed E-state index contributed by atoms with van der Waals surface area (Å²) in [6.45, 7) is 2.11. The fourth-order valence-corrected chi connectivity index (χ4v) is 2.68. The van der Waals surface area contributed by atoms with Gasteiger partial charge in [-0.3, -0.25) is 0 Å². The second-order valence-electron chi connectivity index (χ2n) is 5.71. The second kappa shape index (κ2) is 8.40. The third kappa shape index (κ3) is 5.79. The first-order valence-corrected chi connectivity index (χ1v) is 8.36. The average molecular weight is 369 g/mol. The van der Waals surface area contributed by atoms with Crippen LogP contribution in [0, 0.1) is 17.7 Å². The van der Waals surface area contributed by atoms with Gasteiger partial charge >= 0.3 is 6.18 Å². The summed E-state index contributed by atoms with van der Waals surface area (Å²) in [6.07, 6.45) is -0.560. The monoisotopic (exact) mass is 368 g/mol. The fourth-order valence-electron chi connectivity index (χ4n) is 2.45. The van der Waals surface area contributed by atoms with Crippen LogP contribution in [0.15, 0.2) is 36.4 Å². The van der Waals surface area contributed by atoms with Crippen molar-refractivity contribution in [3.8, 4) is 23.0 Å². The lowest BCUT2D eigenvalue weighted by molar-refractivity contribution is -0.0696. The van der Waals surface area contributed by atoms with Crippen LogP contribution >= 0.6 is 11.6 Å². The van der Waals surface area contributed by atoms with Gasteiger partial charge in [-0.25, -0.2) is 4.39 Å². The minimum atomic E-state index is -4.58. The number of alkyl halides is 3. The van der Waals surface area contributed by atoms with Crippen molar-refractivity contribution in [2.45, 2.75) is 38.8 Å². The van der Waals surface area contributed by atoms with Gasteiger partial charge in [0.25, 0.3) is 0 Å². The maximum Gasteiger partial charge on any atom is 0.458 e. The molecule has 2 rings (SSSR count). The molecule has 0 spiro atoms. The van der Waals surface area contributed by atoms with Crippen LogP contribution in [-0.4, -0.2) is 6.18 Å². The first-order chi connectivity index (χ1) is 11.8. The molecule has 0 N–H and O–H groups in total. The van der Waals surface area contributed by atoms with E-state index in [1.807, 2.05) is 12.0 Å². The van der Waals surface area contributed by atoms with E-state index in [4.69, 9.17) is 11.6 Å². The number of benzene rings is 2. The Hall–Kier alpha value is -1.99. The van der Waals surface area contributed by atoms with Crippen LogP contribution in [0.5, 0.6) is 0 Å². The molecule has 25 heavy (non-hydrogen) atoms. The highest BCUT2D eigenvalue weighted by Crippen LogP contribution is 2.28. The van der Waals surface area contributed by atoms with E-state index < -0.39 is 6.18 Å². The summed E-state index contributed by atoms with van der Waals surface area (Å²) in [6, 6.07) is 9.34. The predicted octanol–water partition coefficient (Wildman–Crippen LogP) is 6.79. The molecule has 0 fully saturated rings. The minimum absolute atomic E-state index is 0.0549. The van der Waals surface area contributed by atoms with Gasteiger partial charge in [-0.1, -0.05) is 55.5 Å². The summed E-state index contributed by atoms with van der Waals surface area (Å²) in [5, 5.41) is 0.0562. The third-order valence-electron chi connectivity index (χ3n) is 3.72. The van der Waals surface area contributed by atoms with Crippen LogP contribution in [0.25, 0.3) is 11.1 Å². The van der Waals surface area contributed by atoms with Gasteiger partial charge < -0.3 is 0 Å². The summed E-state index contributed by atoms with van der Waals surface area (Å²) < 4.78 is 50.8. The number of halogens is 5. The molecule has 0 atom stereocenters. The predicted molar refractivity (Wildman–Crippen MR) is 93.0 cm³/mol. The van der Waals surface area contributed by atoms with Gasteiger partial charge in [-0.15, -0.1) is 0 Å². The molecule has 0 heterocycles. The van der Waals surface area contributed by atoms with E-state index in [1.54, 1.807) is 6.07 Å². The van der Waals surface area contributed by atoms with Gasteiger partial charge in [0.1, 0.15) is 5.82 Å². The Kier molecular flexibility index (Phi) is 6.50. The van der Waals surface area contributed by atoms with Crippen molar-refractivity contribution >= 4 is 11.6 Å². The molecule has 2 aromatic rings. The summed E-state index contributed by atoms with van der Waals surface area (Å²) in [5.74, 6) is 2.78. The van der Waals surface area contributed by atoms with Gasteiger partial charge in [0.2, 0.25) is 0 Å². The molecule has 0 aliphatic rings.